The summed E-state index contributed by atoms with van der Waals surface area (Å²) in [6, 6.07) is 0. The van der Waals surface area contributed by atoms with Gasteiger partial charge in [0.2, 0.25) is 0 Å². The molecule has 7 heteroatoms. The van der Waals surface area contributed by atoms with Gasteiger partial charge in [0.15, 0.2) is 5.76 Å². The van der Waals surface area contributed by atoms with Gasteiger partial charge in [0.1, 0.15) is 6.10 Å². The second-order valence-electron chi connectivity index (χ2n) is 7.67. The lowest BCUT2D eigenvalue weighted by atomic mass is 9.87. The zero-order valence-corrected chi connectivity index (χ0v) is 16.7. The van der Waals surface area contributed by atoms with Gasteiger partial charge in [-0.1, -0.05) is 38.3 Å². The Hall–Kier alpha value is -1.47. The molecule has 0 aromatic heterocycles. The summed E-state index contributed by atoms with van der Waals surface area (Å²) < 4.78 is 39.8. The van der Waals surface area contributed by atoms with Crippen molar-refractivity contribution in [2.45, 2.75) is 82.5 Å². The lowest BCUT2D eigenvalue weighted by Gasteiger charge is -2.22. The maximum Gasteiger partial charge on any atom is 0.310 e. The van der Waals surface area contributed by atoms with Crippen molar-refractivity contribution >= 4 is 5.97 Å². The Morgan fingerprint density at radius 2 is 2.14 bits per heavy atom. The van der Waals surface area contributed by atoms with Gasteiger partial charge >= 0.3 is 11.9 Å². The number of aliphatic hydroxyl groups excluding tert-OH is 2. The Morgan fingerprint density at radius 1 is 1.39 bits per heavy atom. The Balaban J connectivity index is 1.98. The molecule has 2 N–H and O–H groups in total. The van der Waals surface area contributed by atoms with Crippen molar-refractivity contribution in [2.75, 3.05) is 7.11 Å². The molecule has 0 spiro atoms. The number of ether oxygens (including phenoxy) is 2. The molecule has 160 valence electrons. The van der Waals surface area contributed by atoms with Crippen LogP contribution in [-0.4, -0.2) is 47.5 Å². The second kappa shape index (κ2) is 10.3. The first kappa shape index (κ1) is 22.8. The van der Waals surface area contributed by atoms with Crippen LogP contribution in [0.4, 0.5) is 8.78 Å². The number of alkyl halides is 2. The number of fused-ring (bicyclic) bond motifs is 1. The molecular weight excluding hydrogens is 370 g/mol. The van der Waals surface area contributed by atoms with Crippen LogP contribution in [0.25, 0.3) is 0 Å². The number of hydrogen-bond donors (Lipinski definition) is 2. The summed E-state index contributed by atoms with van der Waals surface area (Å²) in [4.78, 5) is 11.1. The quantitative estimate of drug-likeness (QED) is 0.331. The predicted molar refractivity (Wildman–Crippen MR) is 101 cm³/mol. The van der Waals surface area contributed by atoms with Gasteiger partial charge in [-0.15, -0.1) is 0 Å². The minimum Gasteiger partial charge on any atom is -0.488 e. The van der Waals surface area contributed by atoms with Crippen LogP contribution in [0.5, 0.6) is 0 Å². The molecule has 2 aliphatic rings. The Morgan fingerprint density at radius 3 is 2.82 bits per heavy atom. The van der Waals surface area contributed by atoms with Gasteiger partial charge in [-0.3, -0.25) is 4.79 Å². The number of esters is 1. The molecule has 2 rings (SSSR count). The SMILES string of the molecule is CCCCC[C@H](O)C=C[C@@H]1[C@@H]2[C@H](C[C@H]1O)OC(=CCCCC(=O)OC)C2(F)F. The minimum atomic E-state index is -3.18. The van der Waals surface area contributed by atoms with Crippen molar-refractivity contribution < 1.29 is 33.3 Å². The van der Waals surface area contributed by atoms with Gasteiger partial charge in [-0.25, -0.2) is 0 Å². The highest BCUT2D eigenvalue weighted by atomic mass is 19.3. The van der Waals surface area contributed by atoms with E-state index in [0.717, 1.165) is 19.3 Å². The van der Waals surface area contributed by atoms with Crippen LogP contribution >= 0.6 is 0 Å². The first-order valence-electron chi connectivity index (χ1n) is 10.2. The van der Waals surface area contributed by atoms with Gasteiger partial charge in [-0.2, -0.15) is 8.78 Å². The van der Waals surface area contributed by atoms with E-state index in [9.17, 15) is 23.8 Å². The molecule has 1 aliphatic heterocycles. The molecule has 28 heavy (non-hydrogen) atoms. The highest BCUT2D eigenvalue weighted by molar-refractivity contribution is 5.69. The molecule has 0 radical (unpaired) electrons. The summed E-state index contributed by atoms with van der Waals surface area (Å²) in [5.41, 5.74) is 0. The number of allylic oxidation sites excluding steroid dienone is 2. The van der Waals surface area contributed by atoms with Gasteiger partial charge in [0.05, 0.1) is 25.2 Å². The number of halogens is 2. The van der Waals surface area contributed by atoms with E-state index >= 15 is 0 Å². The normalized spacial score (nSPS) is 31.1. The molecule has 1 saturated carbocycles. The van der Waals surface area contributed by atoms with Crippen molar-refractivity contribution in [3.63, 3.8) is 0 Å². The van der Waals surface area contributed by atoms with Crippen LogP contribution in [0.15, 0.2) is 24.0 Å². The summed E-state index contributed by atoms with van der Waals surface area (Å²) in [6.07, 6.45) is 6.55. The van der Waals surface area contributed by atoms with E-state index in [1.54, 1.807) is 0 Å². The molecule has 1 heterocycles. The maximum atomic E-state index is 14.9. The number of hydrogen-bond acceptors (Lipinski definition) is 5. The molecule has 0 bridgehead atoms. The molecule has 0 amide bonds. The van der Waals surface area contributed by atoms with Gasteiger partial charge < -0.3 is 19.7 Å². The standard InChI is InChI=1S/C21H32F2O5/c1-3-4-5-8-14(24)11-12-15-16(25)13-17-20(15)21(22,23)18(28-17)9-6-7-10-19(26)27-2/h9,11-12,14-17,20,24-25H,3-8,10,13H2,1-2H3/t14-,15-,16+,17-,20+/m0/s1. The number of carbonyl (C=O) groups excluding carboxylic acids is 1. The van der Waals surface area contributed by atoms with Crippen LogP contribution < -0.4 is 0 Å². The lowest BCUT2D eigenvalue weighted by molar-refractivity contribution is -0.140. The zero-order chi connectivity index (χ0) is 20.7. The highest BCUT2D eigenvalue weighted by Crippen LogP contribution is 2.54. The number of aliphatic hydroxyl groups is 2. The van der Waals surface area contributed by atoms with E-state index in [0.29, 0.717) is 19.3 Å². The molecule has 1 saturated heterocycles. The van der Waals surface area contributed by atoms with Crippen LogP contribution in [0.2, 0.25) is 0 Å². The molecule has 2 fully saturated rings. The third-order valence-corrected chi connectivity index (χ3v) is 5.56. The van der Waals surface area contributed by atoms with Crippen molar-refractivity contribution in [3.8, 4) is 0 Å². The van der Waals surface area contributed by atoms with Crippen LogP contribution in [0.3, 0.4) is 0 Å². The summed E-state index contributed by atoms with van der Waals surface area (Å²) in [5, 5.41) is 20.2. The smallest absolute Gasteiger partial charge is 0.310 e. The summed E-state index contributed by atoms with van der Waals surface area (Å²) in [7, 11) is 1.29. The molecule has 0 aromatic rings. The average molecular weight is 402 g/mol. The third kappa shape index (κ3) is 5.54. The molecule has 5 nitrogen and oxygen atoms in total. The van der Waals surface area contributed by atoms with Crippen molar-refractivity contribution in [1.82, 2.24) is 0 Å². The Kier molecular flexibility index (Phi) is 8.43. The summed E-state index contributed by atoms with van der Waals surface area (Å²) in [6.45, 7) is 2.07. The fraction of sp³-hybridized carbons (Fsp3) is 0.762. The van der Waals surface area contributed by atoms with E-state index in [1.807, 2.05) is 0 Å². The third-order valence-electron chi connectivity index (χ3n) is 5.56. The van der Waals surface area contributed by atoms with Crippen molar-refractivity contribution in [2.24, 2.45) is 11.8 Å². The lowest BCUT2D eigenvalue weighted by Crippen LogP contribution is -2.33. The summed E-state index contributed by atoms with van der Waals surface area (Å²) in [5.74, 6) is -5.84. The largest absolute Gasteiger partial charge is 0.488 e. The average Bonchev–Trinajstić information content (AvgIpc) is 3.09. The van der Waals surface area contributed by atoms with E-state index < -0.39 is 36.1 Å². The Labute approximate surface area is 165 Å². The van der Waals surface area contributed by atoms with Crippen molar-refractivity contribution in [3.05, 3.63) is 24.0 Å². The van der Waals surface area contributed by atoms with Crippen LogP contribution in [-0.2, 0) is 14.3 Å². The van der Waals surface area contributed by atoms with Gasteiger partial charge in [-0.05, 0) is 25.3 Å². The fourth-order valence-corrected chi connectivity index (χ4v) is 4.00. The van der Waals surface area contributed by atoms with E-state index in [4.69, 9.17) is 4.74 Å². The molecule has 1 aliphatic carbocycles. The Bertz CT molecular complexity index is 575. The second-order valence-corrected chi connectivity index (χ2v) is 7.67. The molecule has 0 aromatic carbocycles. The molecular formula is C21H32F2O5. The first-order valence-corrected chi connectivity index (χ1v) is 10.2. The topological polar surface area (TPSA) is 76.0 Å². The first-order chi connectivity index (χ1) is 13.3. The van der Waals surface area contributed by atoms with E-state index in [1.165, 1.54) is 25.3 Å². The fourth-order valence-electron chi connectivity index (χ4n) is 4.00. The van der Waals surface area contributed by atoms with Crippen LogP contribution in [0, 0.1) is 11.8 Å². The number of rotatable bonds is 10. The van der Waals surface area contributed by atoms with Crippen molar-refractivity contribution in [1.29, 1.82) is 0 Å². The number of carbonyl (C=O) groups is 1. The monoisotopic (exact) mass is 402 g/mol. The predicted octanol–water partition coefficient (Wildman–Crippen LogP) is 3.74. The van der Waals surface area contributed by atoms with E-state index in [-0.39, 0.29) is 24.6 Å². The molecule has 0 unspecified atom stereocenters. The zero-order valence-electron chi connectivity index (χ0n) is 16.7. The highest BCUT2D eigenvalue weighted by Gasteiger charge is 2.63. The van der Waals surface area contributed by atoms with Gasteiger partial charge in [0.25, 0.3) is 0 Å². The number of unbranched alkanes of at least 4 members (excludes halogenated alkanes) is 3. The minimum absolute atomic E-state index is 0.140. The number of methoxy groups -OCH3 is 1. The maximum absolute atomic E-state index is 14.9. The molecule has 5 atom stereocenters. The van der Waals surface area contributed by atoms with Gasteiger partial charge in [0, 0.05) is 18.8 Å². The van der Waals surface area contributed by atoms with Crippen LogP contribution in [0.1, 0.15) is 58.3 Å². The van der Waals surface area contributed by atoms with E-state index in [2.05, 4.69) is 11.7 Å². The summed E-state index contributed by atoms with van der Waals surface area (Å²) >= 11 is 0.